The van der Waals surface area contributed by atoms with Crippen molar-refractivity contribution in [2.24, 2.45) is 0 Å². The van der Waals surface area contributed by atoms with E-state index in [9.17, 15) is 4.79 Å². The fourth-order valence-corrected chi connectivity index (χ4v) is 3.03. The van der Waals surface area contributed by atoms with Gasteiger partial charge in [0.15, 0.2) is 0 Å². The molecule has 1 heterocycles. The molecule has 15 heavy (non-hydrogen) atoms. The molecule has 1 aromatic heterocycles. The first kappa shape index (κ1) is 10.5. The van der Waals surface area contributed by atoms with Crippen LogP contribution in [0.15, 0.2) is 28.5 Å². The van der Waals surface area contributed by atoms with Crippen molar-refractivity contribution in [3.05, 3.63) is 29.8 Å². The zero-order chi connectivity index (χ0) is 10.8. The van der Waals surface area contributed by atoms with Crippen LogP contribution < -0.4 is 0 Å². The highest BCUT2D eigenvalue weighted by atomic mass is 32.2. The Balaban J connectivity index is 2.50. The Morgan fingerprint density at radius 1 is 1.40 bits per heavy atom. The van der Waals surface area contributed by atoms with Gasteiger partial charge in [-0.25, -0.2) is 4.79 Å². The molecule has 2 rings (SSSR count). The molecule has 0 atom stereocenters. The van der Waals surface area contributed by atoms with Crippen molar-refractivity contribution in [2.75, 3.05) is 13.4 Å². The first-order valence-corrected chi connectivity index (χ1v) is 6.44. The summed E-state index contributed by atoms with van der Waals surface area (Å²) in [7, 11) is 1.40. The van der Waals surface area contributed by atoms with E-state index in [4.69, 9.17) is 0 Å². The summed E-state index contributed by atoms with van der Waals surface area (Å²) in [5.74, 6) is -0.281. The van der Waals surface area contributed by atoms with E-state index in [1.54, 1.807) is 29.2 Å². The third-order valence-electron chi connectivity index (χ3n) is 2.12. The SMILES string of the molecule is COC(=O)c1ccc2cc(SC)sc2c1. The second kappa shape index (κ2) is 4.24. The molecular formula is C11H10O2S2. The maximum absolute atomic E-state index is 11.3. The van der Waals surface area contributed by atoms with Gasteiger partial charge in [-0.05, 0) is 29.8 Å². The Kier molecular flexibility index (Phi) is 2.98. The molecule has 0 fully saturated rings. The van der Waals surface area contributed by atoms with Crippen LogP contribution in [-0.4, -0.2) is 19.3 Å². The highest BCUT2D eigenvalue weighted by Crippen LogP contribution is 2.32. The number of carbonyl (C=O) groups is 1. The molecule has 0 radical (unpaired) electrons. The maximum Gasteiger partial charge on any atom is 0.337 e. The van der Waals surface area contributed by atoms with Crippen molar-refractivity contribution in [1.29, 1.82) is 0 Å². The standard InChI is InChI=1S/C11H10O2S2/c1-13-11(12)8-4-3-7-6-10(14-2)15-9(7)5-8/h3-6H,1-2H3. The van der Waals surface area contributed by atoms with Crippen LogP contribution in [0.4, 0.5) is 0 Å². The maximum atomic E-state index is 11.3. The molecule has 0 bridgehead atoms. The number of hydrogen-bond acceptors (Lipinski definition) is 4. The highest BCUT2D eigenvalue weighted by molar-refractivity contribution is 8.00. The minimum absolute atomic E-state index is 0.281. The number of rotatable bonds is 2. The third kappa shape index (κ3) is 2.01. The Bertz CT molecular complexity index is 502. The van der Waals surface area contributed by atoms with E-state index in [-0.39, 0.29) is 5.97 Å². The van der Waals surface area contributed by atoms with Crippen molar-refractivity contribution >= 4 is 39.2 Å². The molecule has 0 saturated carbocycles. The lowest BCUT2D eigenvalue weighted by Gasteiger charge is -1.97. The van der Waals surface area contributed by atoms with Gasteiger partial charge in [-0.3, -0.25) is 0 Å². The number of ether oxygens (including phenoxy) is 1. The van der Waals surface area contributed by atoms with E-state index in [0.717, 1.165) is 4.70 Å². The van der Waals surface area contributed by atoms with Gasteiger partial charge in [-0.2, -0.15) is 0 Å². The smallest absolute Gasteiger partial charge is 0.337 e. The van der Waals surface area contributed by atoms with Crippen molar-refractivity contribution < 1.29 is 9.53 Å². The molecule has 0 aliphatic carbocycles. The van der Waals surface area contributed by atoms with E-state index in [2.05, 4.69) is 10.8 Å². The molecule has 2 aromatic rings. The summed E-state index contributed by atoms with van der Waals surface area (Å²) in [6, 6.07) is 7.76. The number of fused-ring (bicyclic) bond motifs is 1. The van der Waals surface area contributed by atoms with Gasteiger partial charge in [0.25, 0.3) is 0 Å². The molecule has 78 valence electrons. The van der Waals surface area contributed by atoms with E-state index in [0.29, 0.717) is 5.56 Å². The molecule has 0 unspecified atom stereocenters. The van der Waals surface area contributed by atoms with Crippen LogP contribution in [0.3, 0.4) is 0 Å². The van der Waals surface area contributed by atoms with Crippen LogP contribution in [0.2, 0.25) is 0 Å². The van der Waals surface area contributed by atoms with E-state index in [1.807, 2.05) is 18.4 Å². The number of hydrogen-bond donors (Lipinski definition) is 0. The number of esters is 1. The molecule has 0 aliphatic heterocycles. The zero-order valence-electron chi connectivity index (χ0n) is 8.44. The quantitative estimate of drug-likeness (QED) is 0.592. The predicted octanol–water partition coefficient (Wildman–Crippen LogP) is 3.41. The van der Waals surface area contributed by atoms with Crippen LogP contribution in [-0.2, 0) is 4.74 Å². The summed E-state index contributed by atoms with van der Waals surface area (Å²) in [5, 5.41) is 1.18. The largest absolute Gasteiger partial charge is 0.465 e. The van der Waals surface area contributed by atoms with E-state index in [1.165, 1.54) is 16.7 Å². The normalized spacial score (nSPS) is 10.5. The van der Waals surface area contributed by atoms with Crippen molar-refractivity contribution in [2.45, 2.75) is 4.21 Å². The van der Waals surface area contributed by atoms with Crippen LogP contribution in [0, 0.1) is 0 Å². The average molecular weight is 238 g/mol. The van der Waals surface area contributed by atoms with Gasteiger partial charge < -0.3 is 4.74 Å². The van der Waals surface area contributed by atoms with Gasteiger partial charge in [-0.1, -0.05) is 6.07 Å². The topological polar surface area (TPSA) is 26.3 Å². The molecule has 1 aromatic carbocycles. The summed E-state index contributed by atoms with van der Waals surface area (Å²) in [6.45, 7) is 0. The second-order valence-corrected chi connectivity index (χ2v) is 5.20. The predicted molar refractivity (Wildman–Crippen MR) is 64.9 cm³/mol. The lowest BCUT2D eigenvalue weighted by Crippen LogP contribution is -1.99. The van der Waals surface area contributed by atoms with Gasteiger partial charge in [-0.15, -0.1) is 23.1 Å². The number of thioether (sulfide) groups is 1. The minimum atomic E-state index is -0.281. The summed E-state index contributed by atoms with van der Waals surface area (Å²) >= 11 is 3.41. The molecule has 4 heteroatoms. The van der Waals surface area contributed by atoms with E-state index < -0.39 is 0 Å². The van der Waals surface area contributed by atoms with Gasteiger partial charge in [0.1, 0.15) is 0 Å². The van der Waals surface area contributed by atoms with Crippen LogP contribution in [0.1, 0.15) is 10.4 Å². The fraction of sp³-hybridized carbons (Fsp3) is 0.182. The Morgan fingerprint density at radius 2 is 2.20 bits per heavy atom. The molecule has 0 amide bonds. The summed E-state index contributed by atoms with van der Waals surface area (Å²) in [5.41, 5.74) is 0.611. The molecule has 0 N–H and O–H groups in total. The number of benzene rings is 1. The first-order chi connectivity index (χ1) is 7.24. The van der Waals surface area contributed by atoms with Crippen molar-refractivity contribution in [1.82, 2.24) is 0 Å². The molecule has 0 aliphatic rings. The number of carbonyl (C=O) groups excluding carboxylic acids is 1. The fourth-order valence-electron chi connectivity index (χ4n) is 1.35. The summed E-state index contributed by atoms with van der Waals surface area (Å²) < 4.78 is 7.06. The first-order valence-electron chi connectivity index (χ1n) is 4.40. The van der Waals surface area contributed by atoms with Crippen molar-refractivity contribution in [3.8, 4) is 0 Å². The Morgan fingerprint density at radius 3 is 2.87 bits per heavy atom. The summed E-state index contributed by atoms with van der Waals surface area (Å²) in [6.07, 6.45) is 2.05. The van der Waals surface area contributed by atoms with Crippen LogP contribution in [0.25, 0.3) is 10.1 Å². The minimum Gasteiger partial charge on any atom is -0.465 e. The molecular weight excluding hydrogens is 228 g/mol. The lowest BCUT2D eigenvalue weighted by molar-refractivity contribution is 0.0601. The third-order valence-corrected chi connectivity index (χ3v) is 4.28. The molecule has 2 nitrogen and oxygen atoms in total. The van der Waals surface area contributed by atoms with Gasteiger partial charge in [0, 0.05) is 4.70 Å². The number of thiophene rings is 1. The zero-order valence-corrected chi connectivity index (χ0v) is 10.1. The summed E-state index contributed by atoms with van der Waals surface area (Å²) in [4.78, 5) is 11.3. The van der Waals surface area contributed by atoms with Crippen LogP contribution >= 0.6 is 23.1 Å². The van der Waals surface area contributed by atoms with Crippen LogP contribution in [0.5, 0.6) is 0 Å². The lowest BCUT2D eigenvalue weighted by atomic mass is 10.2. The van der Waals surface area contributed by atoms with Gasteiger partial charge >= 0.3 is 5.97 Å². The Labute approximate surface area is 96.2 Å². The Hall–Kier alpha value is -1.00. The average Bonchev–Trinajstić information content (AvgIpc) is 2.69. The second-order valence-electron chi connectivity index (χ2n) is 3.01. The number of methoxy groups -OCH3 is 1. The monoisotopic (exact) mass is 238 g/mol. The molecule has 0 saturated heterocycles. The van der Waals surface area contributed by atoms with Crippen molar-refractivity contribution in [3.63, 3.8) is 0 Å². The van der Waals surface area contributed by atoms with Gasteiger partial charge in [0.2, 0.25) is 0 Å². The van der Waals surface area contributed by atoms with Gasteiger partial charge in [0.05, 0.1) is 16.9 Å². The molecule has 0 spiro atoms. The van der Waals surface area contributed by atoms with E-state index >= 15 is 0 Å². The highest BCUT2D eigenvalue weighted by Gasteiger charge is 2.07.